The highest BCUT2D eigenvalue weighted by atomic mass is 14.4. The van der Waals surface area contributed by atoms with E-state index in [1.807, 2.05) is 6.08 Å². The third kappa shape index (κ3) is 6.61. The van der Waals surface area contributed by atoms with Gasteiger partial charge in [-0.3, -0.25) is 0 Å². The quantitative estimate of drug-likeness (QED) is 0.235. The van der Waals surface area contributed by atoms with Crippen molar-refractivity contribution in [1.82, 2.24) is 0 Å². The molecule has 0 aromatic carbocycles. The van der Waals surface area contributed by atoms with E-state index in [1.165, 1.54) is 70.6 Å². The highest BCUT2D eigenvalue weighted by Gasteiger charge is 2.38. The Kier molecular flexibility index (Phi) is 9.33. The van der Waals surface area contributed by atoms with Gasteiger partial charge in [0.05, 0.1) is 0 Å². The molecule has 0 heteroatoms. The van der Waals surface area contributed by atoms with E-state index < -0.39 is 0 Å². The van der Waals surface area contributed by atoms with Crippen molar-refractivity contribution < 1.29 is 0 Å². The number of hydrogen-bond donors (Lipinski definition) is 0. The van der Waals surface area contributed by atoms with Gasteiger partial charge in [0.2, 0.25) is 0 Å². The second-order valence-electron chi connectivity index (χ2n) is 11.6. The Labute approximate surface area is 188 Å². The number of hydrogen-bond acceptors (Lipinski definition) is 0. The number of allylic oxidation sites excluding steroid dienone is 5. The fourth-order valence-electron chi connectivity index (χ4n) is 6.85. The van der Waals surface area contributed by atoms with Gasteiger partial charge in [0.15, 0.2) is 0 Å². The van der Waals surface area contributed by atoms with Crippen LogP contribution in [0.4, 0.5) is 0 Å². The molecule has 0 aromatic heterocycles. The third-order valence-electron chi connectivity index (χ3n) is 9.10. The topological polar surface area (TPSA) is 0 Å². The molecule has 0 radical (unpaired) electrons. The summed E-state index contributed by atoms with van der Waals surface area (Å²) in [5.41, 5.74) is 0. The lowest BCUT2D eigenvalue weighted by atomic mass is 9.79. The van der Waals surface area contributed by atoms with Crippen LogP contribution in [0, 0.1) is 53.3 Å². The summed E-state index contributed by atoms with van der Waals surface area (Å²) in [6, 6.07) is 0. The summed E-state index contributed by atoms with van der Waals surface area (Å²) in [7, 11) is 0. The summed E-state index contributed by atoms with van der Waals surface area (Å²) in [6.07, 6.45) is 27.5. The molecule has 9 unspecified atom stereocenters. The van der Waals surface area contributed by atoms with Crippen LogP contribution in [0.3, 0.4) is 0 Å². The minimum Gasteiger partial charge on any atom is -0.103 e. The van der Waals surface area contributed by atoms with Crippen molar-refractivity contribution in [1.29, 1.82) is 0 Å². The first-order valence-electron chi connectivity index (χ1n) is 13.5. The van der Waals surface area contributed by atoms with Gasteiger partial charge < -0.3 is 0 Å². The van der Waals surface area contributed by atoms with Crippen LogP contribution < -0.4 is 0 Å². The van der Waals surface area contributed by atoms with Crippen LogP contribution in [-0.2, 0) is 0 Å². The molecule has 0 spiro atoms. The maximum absolute atomic E-state index is 3.78. The third-order valence-corrected chi connectivity index (χ3v) is 9.10. The molecule has 4 aliphatic carbocycles. The molecule has 2 fully saturated rings. The molecule has 9 atom stereocenters. The number of fused-ring (bicyclic) bond motifs is 4. The van der Waals surface area contributed by atoms with E-state index in [2.05, 4.69) is 58.6 Å². The lowest BCUT2D eigenvalue weighted by Crippen LogP contribution is -2.17. The van der Waals surface area contributed by atoms with E-state index in [0.717, 1.165) is 53.3 Å². The molecule has 4 rings (SSSR count). The largest absolute Gasteiger partial charge is 0.103 e. The molecular weight excluding hydrogens is 360 g/mol. The molecule has 170 valence electrons. The zero-order valence-electron chi connectivity index (χ0n) is 20.6. The molecule has 0 amide bonds. The Morgan fingerprint density at radius 3 is 2.07 bits per heavy atom. The summed E-state index contributed by atoms with van der Waals surface area (Å²) in [6.45, 7) is 13.4. The van der Waals surface area contributed by atoms with Crippen LogP contribution in [0.25, 0.3) is 0 Å². The summed E-state index contributed by atoms with van der Waals surface area (Å²) in [5.74, 6) is 8.62. The van der Waals surface area contributed by atoms with E-state index >= 15 is 0 Å². The van der Waals surface area contributed by atoms with Gasteiger partial charge in [-0.25, -0.2) is 0 Å². The number of unbranched alkanes of at least 4 members (excludes halogenated alkanes) is 1. The van der Waals surface area contributed by atoms with E-state index in [-0.39, 0.29) is 0 Å². The average Bonchev–Trinajstić information content (AvgIpc) is 3.54. The van der Waals surface area contributed by atoms with Crippen molar-refractivity contribution in [2.75, 3.05) is 0 Å². The number of rotatable bonds is 11. The van der Waals surface area contributed by atoms with Gasteiger partial charge >= 0.3 is 0 Å². The molecule has 4 bridgehead atoms. The molecule has 4 aliphatic rings. The van der Waals surface area contributed by atoms with Crippen molar-refractivity contribution in [3.63, 3.8) is 0 Å². The molecule has 0 saturated heterocycles. The average molecular weight is 411 g/mol. The summed E-state index contributed by atoms with van der Waals surface area (Å²) in [4.78, 5) is 0. The highest BCUT2D eigenvalue weighted by molar-refractivity contribution is 5.11. The zero-order valence-corrected chi connectivity index (χ0v) is 20.6. The molecule has 0 N–H and O–H groups in total. The minimum absolute atomic E-state index is 0.919. The molecule has 30 heavy (non-hydrogen) atoms. The van der Waals surface area contributed by atoms with Crippen LogP contribution in [0.5, 0.6) is 0 Å². The Bertz CT molecular complexity index is 569. The summed E-state index contributed by atoms with van der Waals surface area (Å²) >= 11 is 0. The molecular formula is C30H50. The van der Waals surface area contributed by atoms with Crippen molar-refractivity contribution in [2.45, 2.75) is 98.3 Å². The van der Waals surface area contributed by atoms with Crippen LogP contribution in [0.15, 0.2) is 37.0 Å². The second kappa shape index (κ2) is 11.7. The molecule has 0 heterocycles. The Morgan fingerprint density at radius 2 is 1.53 bits per heavy atom. The molecule has 0 aromatic rings. The van der Waals surface area contributed by atoms with Crippen molar-refractivity contribution in [3.05, 3.63) is 37.0 Å². The van der Waals surface area contributed by atoms with Gasteiger partial charge in [0, 0.05) is 0 Å². The predicted molar refractivity (Wildman–Crippen MR) is 133 cm³/mol. The van der Waals surface area contributed by atoms with Gasteiger partial charge in [0.1, 0.15) is 0 Å². The Hall–Kier alpha value is -0.780. The van der Waals surface area contributed by atoms with E-state index in [1.54, 1.807) is 0 Å². The van der Waals surface area contributed by atoms with Crippen molar-refractivity contribution in [2.24, 2.45) is 53.3 Å². The van der Waals surface area contributed by atoms with Gasteiger partial charge in [-0.2, -0.15) is 0 Å². The Morgan fingerprint density at radius 1 is 0.833 bits per heavy atom. The van der Waals surface area contributed by atoms with Crippen LogP contribution in [-0.4, -0.2) is 0 Å². The fraction of sp³-hybridized carbons (Fsp3) is 0.800. The minimum atomic E-state index is 0.919. The lowest BCUT2D eigenvalue weighted by Gasteiger charge is -2.26. The van der Waals surface area contributed by atoms with Crippen LogP contribution >= 0.6 is 0 Å². The maximum Gasteiger partial charge on any atom is -0.0197 e. The lowest BCUT2D eigenvalue weighted by molar-refractivity contribution is 0.273. The highest BCUT2D eigenvalue weighted by Crippen LogP contribution is 2.48. The van der Waals surface area contributed by atoms with E-state index in [9.17, 15) is 0 Å². The Balaban J connectivity index is 0.000000171. The van der Waals surface area contributed by atoms with Crippen LogP contribution in [0.1, 0.15) is 98.3 Å². The zero-order chi connectivity index (χ0) is 21.5. The van der Waals surface area contributed by atoms with E-state index in [0.29, 0.717) is 0 Å². The monoisotopic (exact) mass is 410 g/mol. The predicted octanol–water partition coefficient (Wildman–Crippen LogP) is 9.24. The van der Waals surface area contributed by atoms with Gasteiger partial charge in [0.25, 0.3) is 0 Å². The smallest absolute Gasteiger partial charge is 0.0197 e. The second-order valence-corrected chi connectivity index (χ2v) is 11.6. The molecule has 2 saturated carbocycles. The van der Waals surface area contributed by atoms with Gasteiger partial charge in [-0.1, -0.05) is 83.8 Å². The first kappa shape index (κ1) is 23.9. The van der Waals surface area contributed by atoms with E-state index in [4.69, 9.17) is 0 Å². The molecule has 0 nitrogen and oxygen atoms in total. The molecule has 0 aliphatic heterocycles. The van der Waals surface area contributed by atoms with Crippen molar-refractivity contribution in [3.8, 4) is 0 Å². The normalized spacial score (nSPS) is 35.9. The van der Waals surface area contributed by atoms with Gasteiger partial charge in [-0.15, -0.1) is 6.58 Å². The summed E-state index contributed by atoms with van der Waals surface area (Å²) in [5, 5.41) is 0. The fourth-order valence-corrected chi connectivity index (χ4v) is 6.85. The van der Waals surface area contributed by atoms with Crippen LogP contribution in [0.2, 0.25) is 0 Å². The first-order chi connectivity index (χ1) is 14.5. The maximum atomic E-state index is 3.78. The van der Waals surface area contributed by atoms with Crippen molar-refractivity contribution >= 4 is 0 Å². The first-order valence-corrected chi connectivity index (χ1v) is 13.5. The standard InChI is InChI=1S/C15H26.C15H24/c1-4-11(2)5-6-12(3)15-10-13-7-8-14(15)9-13;1-3-4-5-6-12(2)9-15-11-13-7-8-14(15)10-13/h7-8,11-15H,4-6,9-10H2,1-3H3;3,7-8,12-15H,1,4-6,9-11H2,2H3. The SMILES string of the molecule is C=CCCCC(C)CC1CC2C=CC1C2.CCC(C)CCC(C)C1CC2C=CC1C2. The van der Waals surface area contributed by atoms with Gasteiger partial charge in [-0.05, 0) is 98.2 Å². The summed E-state index contributed by atoms with van der Waals surface area (Å²) < 4.78 is 0.